The fourth-order valence-electron chi connectivity index (χ4n) is 1.45. The highest BCUT2D eigenvalue weighted by Crippen LogP contribution is 2.14. The van der Waals surface area contributed by atoms with E-state index in [1.54, 1.807) is 6.20 Å². The van der Waals surface area contributed by atoms with Gasteiger partial charge in [-0.25, -0.2) is 0 Å². The Morgan fingerprint density at radius 3 is 2.92 bits per heavy atom. The van der Waals surface area contributed by atoms with Crippen molar-refractivity contribution in [3.8, 4) is 0 Å². The van der Waals surface area contributed by atoms with E-state index in [1.165, 1.54) is 0 Å². The Kier molecular flexibility index (Phi) is 0.913. The predicted molar refractivity (Wildman–Crippen MR) is 46.7 cm³/mol. The van der Waals surface area contributed by atoms with Crippen LogP contribution in [0.15, 0.2) is 27.4 Å². The molecule has 0 atom stereocenters. The van der Waals surface area contributed by atoms with Crippen molar-refractivity contribution >= 4 is 24.3 Å². The summed E-state index contributed by atoms with van der Waals surface area (Å²) < 4.78 is 0. The van der Waals surface area contributed by atoms with Crippen molar-refractivity contribution in [3.63, 3.8) is 0 Å². The lowest BCUT2D eigenvalue weighted by molar-refractivity contribution is 1.31. The van der Waals surface area contributed by atoms with E-state index in [9.17, 15) is 0 Å². The van der Waals surface area contributed by atoms with Gasteiger partial charge in [-0.05, 0) is 0 Å². The number of hydrogen-bond donors (Lipinski definition) is 0. The zero-order valence-corrected chi connectivity index (χ0v) is 6.23. The van der Waals surface area contributed by atoms with E-state index in [0.29, 0.717) is 0 Å². The molecule has 12 heavy (non-hydrogen) atoms. The maximum atomic E-state index is 4.06. The molecule has 2 aliphatic heterocycles. The number of nitrogens with zero attached hydrogens (tertiary/aromatic N) is 3. The Morgan fingerprint density at radius 1 is 1.00 bits per heavy atom. The first-order valence-electron chi connectivity index (χ1n) is 3.72. The fraction of sp³-hybridized carbons (Fsp3) is 0. The zero-order chi connectivity index (χ0) is 7.97. The molecule has 3 heteroatoms. The number of fused-ring (bicyclic) bond motifs is 3. The first-order valence-corrected chi connectivity index (χ1v) is 3.72. The topological polar surface area (TPSA) is 37.1 Å². The Hall–Kier alpha value is -1.77. The van der Waals surface area contributed by atoms with Crippen LogP contribution in [0.1, 0.15) is 5.56 Å². The van der Waals surface area contributed by atoms with Crippen LogP contribution in [-0.2, 0) is 0 Å². The van der Waals surface area contributed by atoms with Crippen molar-refractivity contribution in [2.45, 2.75) is 0 Å². The molecule has 0 saturated carbocycles. The molecule has 0 radical (unpaired) electrons. The van der Waals surface area contributed by atoms with Gasteiger partial charge in [0.1, 0.15) is 5.69 Å². The second kappa shape index (κ2) is 1.88. The van der Waals surface area contributed by atoms with Gasteiger partial charge in [0.05, 0.1) is 6.20 Å². The van der Waals surface area contributed by atoms with Gasteiger partial charge >= 0.3 is 0 Å². The van der Waals surface area contributed by atoms with Gasteiger partial charge < -0.3 is 0 Å². The molecule has 0 bridgehead atoms. The van der Waals surface area contributed by atoms with Crippen LogP contribution in [0.5, 0.6) is 0 Å². The molecular weight excluding hydrogens is 150 g/mol. The molecule has 3 nitrogen and oxygen atoms in total. The number of aliphatic imine (C=N–C) groups is 1. The van der Waals surface area contributed by atoms with Crippen molar-refractivity contribution in [3.05, 3.63) is 28.1 Å². The largest absolute Gasteiger partial charge is 0.263 e. The lowest BCUT2D eigenvalue weighted by Gasteiger charge is -1.93. The third-order valence-electron chi connectivity index (χ3n) is 2.05. The number of benzene rings is 1. The van der Waals surface area contributed by atoms with Gasteiger partial charge in [0.15, 0.2) is 0 Å². The van der Waals surface area contributed by atoms with Gasteiger partial charge in [-0.1, -0.05) is 12.1 Å². The van der Waals surface area contributed by atoms with E-state index in [0.717, 1.165) is 21.7 Å². The van der Waals surface area contributed by atoms with Gasteiger partial charge in [-0.3, -0.25) is 4.99 Å². The van der Waals surface area contributed by atoms with Crippen molar-refractivity contribution < 1.29 is 0 Å². The van der Waals surface area contributed by atoms with Crippen molar-refractivity contribution in [2.75, 3.05) is 0 Å². The third kappa shape index (κ3) is 0.580. The van der Waals surface area contributed by atoms with E-state index >= 15 is 0 Å². The fourth-order valence-corrected chi connectivity index (χ4v) is 1.45. The molecule has 3 rings (SSSR count). The van der Waals surface area contributed by atoms with Crippen LogP contribution in [0.2, 0.25) is 0 Å². The number of rotatable bonds is 0. The highest BCUT2D eigenvalue weighted by atomic mass is 15.1. The molecule has 0 fully saturated rings. The van der Waals surface area contributed by atoms with Crippen LogP contribution >= 0.6 is 0 Å². The molecule has 1 aromatic rings. The zero-order valence-electron chi connectivity index (χ0n) is 6.23. The van der Waals surface area contributed by atoms with E-state index < -0.39 is 0 Å². The normalized spacial score (nSPS) is 15.3. The minimum absolute atomic E-state index is 0.949. The third-order valence-corrected chi connectivity index (χ3v) is 2.05. The second-order valence-electron chi connectivity index (χ2n) is 2.76. The number of hydrogen-bond acceptors (Lipinski definition) is 3. The van der Waals surface area contributed by atoms with Crippen molar-refractivity contribution in [1.82, 2.24) is 0 Å². The average Bonchev–Trinajstić information content (AvgIpc) is 2.71. The minimum Gasteiger partial charge on any atom is -0.263 e. The minimum atomic E-state index is 0.949. The second-order valence-corrected chi connectivity index (χ2v) is 2.76. The Labute approximate surface area is 68.5 Å². The quantitative estimate of drug-likeness (QED) is 0.528. The SMILES string of the molecule is C1=NC=c2ccc3c(c21)N=NC=3. The summed E-state index contributed by atoms with van der Waals surface area (Å²) in [5.41, 5.74) is 2.04. The Morgan fingerprint density at radius 2 is 1.92 bits per heavy atom. The van der Waals surface area contributed by atoms with Gasteiger partial charge in [0, 0.05) is 28.4 Å². The molecule has 0 aromatic heterocycles. The van der Waals surface area contributed by atoms with Gasteiger partial charge in [0.2, 0.25) is 0 Å². The summed E-state index contributed by atoms with van der Waals surface area (Å²) in [5, 5.41) is 10.1. The lowest BCUT2D eigenvalue weighted by Crippen LogP contribution is -2.11. The standard InChI is InChI=1S/C9H5N3/c1-2-7-4-11-12-9(7)8-5-10-3-6(1)8/h1-5H. The summed E-state index contributed by atoms with van der Waals surface area (Å²) in [6.45, 7) is 0. The number of azo groups is 1. The first kappa shape index (κ1) is 5.83. The maximum absolute atomic E-state index is 4.06. The molecule has 1 aromatic carbocycles. The van der Waals surface area contributed by atoms with Crippen LogP contribution in [-0.4, -0.2) is 6.21 Å². The molecule has 2 heterocycles. The summed E-state index contributed by atoms with van der Waals surface area (Å²) in [4.78, 5) is 4.06. The van der Waals surface area contributed by atoms with Gasteiger partial charge in [0.25, 0.3) is 0 Å². The van der Waals surface area contributed by atoms with Crippen LogP contribution in [0.25, 0.3) is 12.4 Å². The summed E-state index contributed by atoms with van der Waals surface area (Å²) in [6.07, 6.45) is 5.43. The Balaban J connectivity index is 2.57. The van der Waals surface area contributed by atoms with Crippen LogP contribution in [0, 0.1) is 0 Å². The molecule has 0 aliphatic carbocycles. The van der Waals surface area contributed by atoms with Gasteiger partial charge in [-0.15, -0.1) is 5.11 Å². The van der Waals surface area contributed by atoms with Crippen molar-refractivity contribution in [2.24, 2.45) is 15.2 Å². The average molecular weight is 155 g/mol. The molecule has 0 saturated heterocycles. The van der Waals surface area contributed by atoms with Crippen molar-refractivity contribution in [1.29, 1.82) is 0 Å². The molecule has 0 unspecified atom stereocenters. The van der Waals surface area contributed by atoms with E-state index in [-0.39, 0.29) is 0 Å². The summed E-state index contributed by atoms with van der Waals surface area (Å²) in [6, 6.07) is 4.05. The predicted octanol–water partition coefficient (Wildman–Crippen LogP) is 0.692. The van der Waals surface area contributed by atoms with Crippen LogP contribution in [0.4, 0.5) is 5.69 Å². The molecule has 56 valence electrons. The Bertz CT molecular complexity index is 474. The van der Waals surface area contributed by atoms with Gasteiger partial charge in [-0.2, -0.15) is 5.11 Å². The van der Waals surface area contributed by atoms with E-state index in [2.05, 4.69) is 15.2 Å². The monoisotopic (exact) mass is 155 g/mol. The highest BCUT2D eigenvalue weighted by Gasteiger charge is 2.08. The smallest absolute Gasteiger partial charge is 0.104 e. The first-order chi connectivity index (χ1) is 5.95. The summed E-state index contributed by atoms with van der Waals surface area (Å²) in [7, 11) is 0. The van der Waals surface area contributed by atoms with E-state index in [4.69, 9.17) is 0 Å². The van der Waals surface area contributed by atoms with Crippen LogP contribution in [0.3, 0.4) is 0 Å². The molecular formula is C9H5N3. The molecule has 0 N–H and O–H groups in total. The summed E-state index contributed by atoms with van der Waals surface area (Å²) in [5.74, 6) is 0. The van der Waals surface area contributed by atoms with E-state index in [1.807, 2.05) is 24.5 Å². The van der Waals surface area contributed by atoms with Crippen LogP contribution < -0.4 is 10.4 Å². The molecule has 2 aliphatic rings. The molecule has 0 spiro atoms. The molecule has 0 amide bonds. The lowest BCUT2D eigenvalue weighted by atomic mass is 10.1. The summed E-state index contributed by atoms with van der Waals surface area (Å²) >= 11 is 0. The highest BCUT2D eigenvalue weighted by molar-refractivity contribution is 5.91. The maximum Gasteiger partial charge on any atom is 0.104 e.